The van der Waals surface area contributed by atoms with Crippen LogP contribution in [0.15, 0.2) is 36.4 Å². The van der Waals surface area contributed by atoms with E-state index in [0.717, 1.165) is 55.4 Å². The molecule has 1 N–H and O–H groups in total. The molecule has 1 aliphatic rings. The van der Waals surface area contributed by atoms with Gasteiger partial charge in [-0.05, 0) is 37.2 Å². The fourth-order valence-corrected chi connectivity index (χ4v) is 2.51. The van der Waals surface area contributed by atoms with Gasteiger partial charge in [-0.3, -0.25) is 0 Å². The van der Waals surface area contributed by atoms with Crippen LogP contribution in [0.25, 0.3) is 11.3 Å². The van der Waals surface area contributed by atoms with Crippen LogP contribution in [-0.4, -0.2) is 43.5 Å². The molecule has 1 aromatic carbocycles. The molecule has 0 aliphatic carbocycles. The van der Waals surface area contributed by atoms with Gasteiger partial charge in [-0.25, -0.2) is 0 Å². The first kappa shape index (κ1) is 13.8. The molecular formula is C16H20N4O. The molecule has 0 atom stereocenters. The van der Waals surface area contributed by atoms with Gasteiger partial charge in [-0.1, -0.05) is 12.1 Å². The van der Waals surface area contributed by atoms with Gasteiger partial charge in [0.1, 0.15) is 5.75 Å². The molecule has 110 valence electrons. The summed E-state index contributed by atoms with van der Waals surface area (Å²) in [6.07, 6.45) is 1.14. The summed E-state index contributed by atoms with van der Waals surface area (Å²) in [5, 5.41) is 12.1. The lowest BCUT2D eigenvalue weighted by atomic mass is 10.1. The summed E-state index contributed by atoms with van der Waals surface area (Å²) >= 11 is 0. The van der Waals surface area contributed by atoms with Gasteiger partial charge in [-0.15, -0.1) is 10.2 Å². The molecule has 2 aromatic rings. The van der Waals surface area contributed by atoms with Gasteiger partial charge in [0.05, 0.1) is 12.8 Å². The van der Waals surface area contributed by atoms with E-state index >= 15 is 0 Å². The SMILES string of the molecule is COc1cccc(-c2ccc(N3CCCNCC3)nn2)c1. The zero-order chi connectivity index (χ0) is 14.5. The quantitative estimate of drug-likeness (QED) is 0.933. The number of nitrogens with one attached hydrogen (secondary N) is 1. The minimum absolute atomic E-state index is 0.831. The van der Waals surface area contributed by atoms with Crippen LogP contribution in [0.4, 0.5) is 5.82 Å². The molecule has 5 heteroatoms. The van der Waals surface area contributed by atoms with E-state index in [4.69, 9.17) is 4.74 Å². The molecule has 2 heterocycles. The summed E-state index contributed by atoms with van der Waals surface area (Å²) in [7, 11) is 1.67. The summed E-state index contributed by atoms with van der Waals surface area (Å²) in [6.45, 7) is 4.08. The fraction of sp³-hybridized carbons (Fsp3) is 0.375. The van der Waals surface area contributed by atoms with Crippen molar-refractivity contribution in [3.05, 3.63) is 36.4 Å². The lowest BCUT2D eigenvalue weighted by molar-refractivity contribution is 0.415. The molecule has 1 saturated heterocycles. The summed E-state index contributed by atoms with van der Waals surface area (Å²) in [5.74, 6) is 1.78. The summed E-state index contributed by atoms with van der Waals surface area (Å²) in [5.41, 5.74) is 1.89. The Hall–Kier alpha value is -2.14. The number of ether oxygens (including phenoxy) is 1. The van der Waals surface area contributed by atoms with Gasteiger partial charge in [0.2, 0.25) is 0 Å². The third kappa shape index (κ3) is 3.31. The third-order valence-electron chi connectivity index (χ3n) is 3.68. The van der Waals surface area contributed by atoms with Crippen LogP contribution in [0, 0.1) is 0 Å². The molecule has 0 amide bonds. The van der Waals surface area contributed by atoms with Crippen molar-refractivity contribution >= 4 is 5.82 Å². The zero-order valence-corrected chi connectivity index (χ0v) is 12.2. The highest BCUT2D eigenvalue weighted by Crippen LogP contribution is 2.22. The van der Waals surface area contributed by atoms with E-state index in [-0.39, 0.29) is 0 Å². The van der Waals surface area contributed by atoms with Crippen LogP contribution < -0.4 is 15.0 Å². The first-order valence-corrected chi connectivity index (χ1v) is 7.30. The number of methoxy groups -OCH3 is 1. The van der Waals surface area contributed by atoms with Crippen LogP contribution in [0.3, 0.4) is 0 Å². The Bertz CT molecular complexity index is 577. The van der Waals surface area contributed by atoms with Gasteiger partial charge < -0.3 is 15.0 Å². The summed E-state index contributed by atoms with van der Waals surface area (Å²) in [4.78, 5) is 2.28. The van der Waals surface area contributed by atoms with Crippen molar-refractivity contribution in [2.75, 3.05) is 38.2 Å². The van der Waals surface area contributed by atoms with E-state index in [1.165, 1.54) is 0 Å². The van der Waals surface area contributed by atoms with Gasteiger partial charge in [0.25, 0.3) is 0 Å². The fourth-order valence-electron chi connectivity index (χ4n) is 2.51. The second-order valence-electron chi connectivity index (χ2n) is 5.10. The topological polar surface area (TPSA) is 50.3 Å². The Balaban J connectivity index is 1.79. The van der Waals surface area contributed by atoms with Gasteiger partial charge in [-0.2, -0.15) is 0 Å². The van der Waals surface area contributed by atoms with Crippen molar-refractivity contribution < 1.29 is 4.74 Å². The van der Waals surface area contributed by atoms with Crippen molar-refractivity contribution in [1.82, 2.24) is 15.5 Å². The number of rotatable bonds is 3. The van der Waals surface area contributed by atoms with Crippen molar-refractivity contribution in [3.63, 3.8) is 0 Å². The summed E-state index contributed by atoms with van der Waals surface area (Å²) < 4.78 is 5.25. The molecule has 21 heavy (non-hydrogen) atoms. The predicted molar refractivity (Wildman–Crippen MR) is 83.7 cm³/mol. The molecule has 3 rings (SSSR count). The van der Waals surface area contributed by atoms with E-state index in [9.17, 15) is 0 Å². The van der Waals surface area contributed by atoms with Crippen LogP contribution in [0.5, 0.6) is 5.75 Å². The monoisotopic (exact) mass is 284 g/mol. The first-order chi connectivity index (χ1) is 10.4. The highest BCUT2D eigenvalue weighted by molar-refractivity contribution is 5.61. The van der Waals surface area contributed by atoms with Crippen LogP contribution in [-0.2, 0) is 0 Å². The number of nitrogens with zero attached hydrogens (tertiary/aromatic N) is 3. The third-order valence-corrected chi connectivity index (χ3v) is 3.68. The molecule has 1 aliphatic heterocycles. The maximum absolute atomic E-state index is 5.25. The second-order valence-corrected chi connectivity index (χ2v) is 5.10. The minimum atomic E-state index is 0.831. The number of hydrogen-bond donors (Lipinski definition) is 1. The van der Waals surface area contributed by atoms with Gasteiger partial charge >= 0.3 is 0 Å². The van der Waals surface area contributed by atoms with Gasteiger partial charge in [0, 0.05) is 25.2 Å². The van der Waals surface area contributed by atoms with Crippen molar-refractivity contribution in [2.24, 2.45) is 0 Å². The van der Waals surface area contributed by atoms with Crippen molar-refractivity contribution in [3.8, 4) is 17.0 Å². The lowest BCUT2D eigenvalue weighted by Crippen LogP contribution is -2.28. The Morgan fingerprint density at radius 2 is 2.05 bits per heavy atom. The maximum atomic E-state index is 5.25. The van der Waals surface area contributed by atoms with Crippen molar-refractivity contribution in [2.45, 2.75) is 6.42 Å². The first-order valence-electron chi connectivity index (χ1n) is 7.30. The number of hydrogen-bond acceptors (Lipinski definition) is 5. The molecule has 0 saturated carbocycles. The standard InChI is InChI=1S/C16H20N4O/c1-21-14-5-2-4-13(12-14)15-6-7-16(19-18-15)20-10-3-8-17-9-11-20/h2,4-7,12,17H,3,8-11H2,1H3. The molecule has 5 nitrogen and oxygen atoms in total. The van der Waals surface area contributed by atoms with Crippen molar-refractivity contribution in [1.29, 1.82) is 0 Å². The van der Waals surface area contributed by atoms with Gasteiger partial charge in [0.15, 0.2) is 5.82 Å². The van der Waals surface area contributed by atoms with E-state index in [2.05, 4.69) is 20.4 Å². The normalized spacial score (nSPS) is 15.6. The van der Waals surface area contributed by atoms with E-state index in [0.29, 0.717) is 0 Å². The molecule has 1 fully saturated rings. The molecule has 0 unspecified atom stereocenters. The highest BCUT2D eigenvalue weighted by atomic mass is 16.5. The average molecular weight is 284 g/mol. The number of anilines is 1. The molecule has 0 radical (unpaired) electrons. The lowest BCUT2D eigenvalue weighted by Gasteiger charge is -2.20. The van der Waals surface area contributed by atoms with Crippen LogP contribution >= 0.6 is 0 Å². The summed E-state index contributed by atoms with van der Waals surface area (Å²) in [6, 6.07) is 11.9. The second kappa shape index (κ2) is 6.54. The maximum Gasteiger partial charge on any atom is 0.151 e. The predicted octanol–water partition coefficient (Wildman–Crippen LogP) is 1.95. The molecular weight excluding hydrogens is 264 g/mol. The largest absolute Gasteiger partial charge is 0.497 e. The Kier molecular flexibility index (Phi) is 4.31. The van der Waals surface area contributed by atoms with Crippen LogP contribution in [0.2, 0.25) is 0 Å². The molecule has 0 bridgehead atoms. The Labute approximate surface area is 125 Å². The number of aromatic nitrogens is 2. The minimum Gasteiger partial charge on any atom is -0.497 e. The van der Waals surface area contributed by atoms with E-state index in [1.54, 1.807) is 7.11 Å². The number of benzene rings is 1. The zero-order valence-electron chi connectivity index (χ0n) is 12.2. The Morgan fingerprint density at radius 3 is 2.86 bits per heavy atom. The average Bonchev–Trinajstić information content (AvgIpc) is 2.84. The molecule has 0 spiro atoms. The molecule has 1 aromatic heterocycles. The van der Waals surface area contributed by atoms with E-state index in [1.807, 2.05) is 36.4 Å². The highest BCUT2D eigenvalue weighted by Gasteiger charge is 2.11. The smallest absolute Gasteiger partial charge is 0.151 e. The van der Waals surface area contributed by atoms with Crippen LogP contribution in [0.1, 0.15) is 6.42 Å². The Morgan fingerprint density at radius 1 is 1.10 bits per heavy atom. The van der Waals surface area contributed by atoms with E-state index < -0.39 is 0 Å².